The molecule has 2 heterocycles. The number of hydrogen-bond acceptors (Lipinski definition) is 5. The van der Waals surface area contributed by atoms with Gasteiger partial charge in [-0.1, -0.05) is 18.2 Å². The normalized spacial score (nSPS) is 18.5. The molecule has 0 unspecified atom stereocenters. The highest BCUT2D eigenvalue weighted by Crippen LogP contribution is 2.29. The first-order valence-electron chi connectivity index (χ1n) is 8.46. The van der Waals surface area contributed by atoms with E-state index in [2.05, 4.69) is 15.6 Å². The Morgan fingerprint density at radius 3 is 2.89 bits per heavy atom. The number of ether oxygens (including phenoxy) is 1. The van der Waals surface area contributed by atoms with Gasteiger partial charge in [-0.25, -0.2) is 9.37 Å². The van der Waals surface area contributed by atoms with Crippen molar-refractivity contribution in [3.8, 4) is 11.6 Å². The van der Waals surface area contributed by atoms with Crippen LogP contribution in [-0.4, -0.2) is 33.3 Å². The van der Waals surface area contributed by atoms with Crippen molar-refractivity contribution >= 4 is 23.6 Å². The maximum Gasteiger partial charge on any atom is 0.243 e. The van der Waals surface area contributed by atoms with E-state index in [1.807, 2.05) is 13.8 Å². The molecule has 1 aliphatic heterocycles. The zero-order valence-corrected chi connectivity index (χ0v) is 15.8. The summed E-state index contributed by atoms with van der Waals surface area (Å²) in [5.74, 6) is -0.178. The Morgan fingerprint density at radius 1 is 1.37 bits per heavy atom. The third kappa shape index (κ3) is 4.57. The van der Waals surface area contributed by atoms with Gasteiger partial charge in [0.25, 0.3) is 0 Å². The predicted octanol–water partition coefficient (Wildman–Crippen LogP) is 2.64. The van der Waals surface area contributed by atoms with Crippen LogP contribution in [0, 0.1) is 5.82 Å². The van der Waals surface area contributed by atoms with Gasteiger partial charge >= 0.3 is 0 Å². The Balaban J connectivity index is 1.64. The van der Waals surface area contributed by atoms with Crippen LogP contribution in [0.4, 0.5) is 4.39 Å². The number of amides is 2. The molecule has 2 aromatic rings. The second-order valence-corrected chi connectivity index (χ2v) is 8.21. The average molecular weight is 389 g/mol. The van der Waals surface area contributed by atoms with E-state index in [-0.39, 0.29) is 30.0 Å². The first-order valence-corrected chi connectivity index (χ1v) is 9.44. The zero-order chi connectivity index (χ0) is 19.4. The van der Waals surface area contributed by atoms with E-state index in [0.29, 0.717) is 11.3 Å². The van der Waals surface area contributed by atoms with E-state index >= 15 is 0 Å². The SMILES string of the molecule is CC1(C)SC[C@@H](C(=O)NCc2cccnc2Oc2ccccc2F)NC1=O. The molecule has 2 N–H and O–H groups in total. The number of aromatic nitrogens is 1. The Morgan fingerprint density at radius 2 is 2.15 bits per heavy atom. The quantitative estimate of drug-likeness (QED) is 0.822. The molecular formula is C19H20FN3O3S. The fraction of sp³-hybridized carbons (Fsp3) is 0.316. The second-order valence-electron chi connectivity index (χ2n) is 6.57. The van der Waals surface area contributed by atoms with Crippen LogP contribution in [0.15, 0.2) is 42.6 Å². The molecule has 0 radical (unpaired) electrons. The van der Waals surface area contributed by atoms with Gasteiger partial charge in [-0.3, -0.25) is 9.59 Å². The van der Waals surface area contributed by atoms with Crippen LogP contribution >= 0.6 is 11.8 Å². The summed E-state index contributed by atoms with van der Waals surface area (Å²) in [7, 11) is 0. The van der Waals surface area contributed by atoms with Gasteiger partial charge in [0.2, 0.25) is 17.7 Å². The first-order chi connectivity index (χ1) is 12.9. The number of rotatable bonds is 5. The van der Waals surface area contributed by atoms with Crippen molar-refractivity contribution in [2.45, 2.75) is 31.2 Å². The van der Waals surface area contributed by atoms with Gasteiger partial charge in [0, 0.05) is 24.1 Å². The number of benzene rings is 1. The van der Waals surface area contributed by atoms with Crippen LogP contribution < -0.4 is 15.4 Å². The van der Waals surface area contributed by atoms with Crippen LogP contribution in [0.25, 0.3) is 0 Å². The number of pyridine rings is 1. The molecule has 0 bridgehead atoms. The molecule has 1 aromatic carbocycles. The van der Waals surface area contributed by atoms with Gasteiger partial charge in [0.15, 0.2) is 11.6 Å². The van der Waals surface area contributed by atoms with Crippen molar-refractivity contribution < 1.29 is 18.7 Å². The first kappa shape index (κ1) is 19.2. The van der Waals surface area contributed by atoms with Crippen molar-refractivity contribution in [1.82, 2.24) is 15.6 Å². The molecule has 1 aromatic heterocycles. The van der Waals surface area contributed by atoms with Crippen molar-refractivity contribution in [2.75, 3.05) is 5.75 Å². The van der Waals surface area contributed by atoms with Gasteiger partial charge in [-0.2, -0.15) is 0 Å². The Kier molecular flexibility index (Phi) is 5.65. The van der Waals surface area contributed by atoms with Crippen molar-refractivity contribution in [2.24, 2.45) is 0 Å². The molecule has 0 aliphatic carbocycles. The zero-order valence-electron chi connectivity index (χ0n) is 15.0. The minimum atomic E-state index is -0.594. The summed E-state index contributed by atoms with van der Waals surface area (Å²) >= 11 is 1.44. The third-order valence-electron chi connectivity index (χ3n) is 4.13. The molecule has 1 fully saturated rings. The molecule has 6 nitrogen and oxygen atoms in total. The van der Waals surface area contributed by atoms with E-state index < -0.39 is 16.6 Å². The number of nitrogens with zero attached hydrogens (tertiary/aromatic N) is 1. The second kappa shape index (κ2) is 7.96. The smallest absolute Gasteiger partial charge is 0.243 e. The fourth-order valence-electron chi connectivity index (χ4n) is 2.46. The van der Waals surface area contributed by atoms with Gasteiger partial charge in [0.1, 0.15) is 6.04 Å². The van der Waals surface area contributed by atoms with Gasteiger partial charge in [-0.15, -0.1) is 11.8 Å². The standard InChI is InChI=1S/C19H20FN3O3S/c1-19(2)18(25)23-14(11-27-19)16(24)22-10-12-6-5-9-21-17(12)26-15-8-4-3-7-13(15)20/h3-9,14H,10-11H2,1-2H3,(H,22,24)(H,23,25)/t14-/m0/s1. The maximum absolute atomic E-state index is 13.8. The van der Waals surface area contributed by atoms with E-state index in [4.69, 9.17) is 4.74 Å². The lowest BCUT2D eigenvalue weighted by Gasteiger charge is -2.32. The minimum absolute atomic E-state index is 0.0574. The molecule has 2 amide bonds. The summed E-state index contributed by atoms with van der Waals surface area (Å²) in [4.78, 5) is 28.5. The summed E-state index contributed by atoms with van der Waals surface area (Å²) in [5, 5.41) is 5.51. The molecule has 1 aliphatic rings. The topological polar surface area (TPSA) is 80.3 Å². The number of thioether (sulfide) groups is 1. The molecular weight excluding hydrogens is 369 g/mol. The third-order valence-corrected chi connectivity index (χ3v) is 5.53. The Hall–Kier alpha value is -2.61. The van der Waals surface area contributed by atoms with E-state index in [0.717, 1.165) is 0 Å². The predicted molar refractivity (Wildman–Crippen MR) is 101 cm³/mol. The molecule has 27 heavy (non-hydrogen) atoms. The van der Waals surface area contributed by atoms with Crippen LogP contribution in [0.1, 0.15) is 19.4 Å². The number of carbonyl (C=O) groups excluding carboxylic acids is 2. The molecule has 0 spiro atoms. The average Bonchev–Trinajstić information content (AvgIpc) is 2.65. The maximum atomic E-state index is 13.8. The highest BCUT2D eigenvalue weighted by atomic mass is 32.2. The number of carbonyl (C=O) groups is 2. The molecule has 0 saturated carbocycles. The fourth-order valence-corrected chi connectivity index (χ4v) is 3.47. The summed E-state index contributed by atoms with van der Waals surface area (Å²) < 4.78 is 18.8. The number of nitrogens with one attached hydrogen (secondary N) is 2. The van der Waals surface area contributed by atoms with Crippen molar-refractivity contribution in [3.63, 3.8) is 0 Å². The van der Waals surface area contributed by atoms with Crippen LogP contribution in [0.2, 0.25) is 0 Å². The van der Waals surface area contributed by atoms with E-state index in [9.17, 15) is 14.0 Å². The van der Waals surface area contributed by atoms with Crippen LogP contribution in [-0.2, 0) is 16.1 Å². The number of para-hydroxylation sites is 1. The number of halogens is 1. The lowest BCUT2D eigenvalue weighted by molar-refractivity contribution is -0.129. The summed E-state index contributed by atoms with van der Waals surface area (Å²) in [6.07, 6.45) is 1.53. The van der Waals surface area contributed by atoms with Crippen molar-refractivity contribution in [3.05, 3.63) is 54.0 Å². The number of hydrogen-bond donors (Lipinski definition) is 2. The van der Waals surface area contributed by atoms with Crippen LogP contribution in [0.5, 0.6) is 11.6 Å². The van der Waals surface area contributed by atoms with E-state index in [1.165, 1.54) is 30.1 Å². The highest BCUT2D eigenvalue weighted by Gasteiger charge is 2.37. The van der Waals surface area contributed by atoms with Gasteiger partial charge in [0.05, 0.1) is 4.75 Å². The minimum Gasteiger partial charge on any atom is -0.436 e. The lowest BCUT2D eigenvalue weighted by atomic mass is 10.1. The summed E-state index contributed by atoms with van der Waals surface area (Å²) in [6.45, 7) is 3.79. The molecule has 8 heteroatoms. The van der Waals surface area contributed by atoms with E-state index in [1.54, 1.807) is 24.3 Å². The lowest BCUT2D eigenvalue weighted by Crippen LogP contribution is -2.57. The largest absolute Gasteiger partial charge is 0.436 e. The molecule has 142 valence electrons. The van der Waals surface area contributed by atoms with Gasteiger partial charge in [-0.05, 0) is 32.0 Å². The molecule has 1 saturated heterocycles. The highest BCUT2D eigenvalue weighted by molar-refractivity contribution is 8.01. The summed E-state index contributed by atoms with van der Waals surface area (Å²) in [5.41, 5.74) is 0.601. The monoisotopic (exact) mass is 389 g/mol. The van der Waals surface area contributed by atoms with Crippen LogP contribution in [0.3, 0.4) is 0 Å². The molecule has 1 atom stereocenters. The Bertz CT molecular complexity index is 860. The Labute approximate surface area is 160 Å². The van der Waals surface area contributed by atoms with Crippen molar-refractivity contribution in [1.29, 1.82) is 0 Å². The molecule has 3 rings (SSSR count). The van der Waals surface area contributed by atoms with Gasteiger partial charge < -0.3 is 15.4 Å². The summed E-state index contributed by atoms with van der Waals surface area (Å²) in [6, 6.07) is 8.88.